The van der Waals surface area contributed by atoms with Gasteiger partial charge in [0, 0.05) is 0 Å². The Morgan fingerprint density at radius 2 is 1.55 bits per heavy atom. The summed E-state index contributed by atoms with van der Waals surface area (Å²) in [5.74, 6) is 1.10. The SMILES string of the molecule is C.C.CCCC1CCCCC1. The van der Waals surface area contributed by atoms with Crippen LogP contribution >= 0.6 is 0 Å². The van der Waals surface area contributed by atoms with E-state index in [0.29, 0.717) is 0 Å². The van der Waals surface area contributed by atoms with Crippen molar-refractivity contribution < 1.29 is 0 Å². The predicted octanol–water partition coefficient (Wildman–Crippen LogP) is 4.64. The fraction of sp³-hybridized carbons (Fsp3) is 1.00. The molecule has 0 spiro atoms. The van der Waals surface area contributed by atoms with Crippen LogP contribution in [0.25, 0.3) is 0 Å². The van der Waals surface area contributed by atoms with Crippen molar-refractivity contribution in [3.8, 4) is 0 Å². The van der Waals surface area contributed by atoms with E-state index in [1.165, 1.54) is 44.9 Å². The highest BCUT2D eigenvalue weighted by atomic mass is 14.2. The smallest absolute Gasteiger partial charge is 0.0414 e. The molecule has 70 valence electrons. The third kappa shape index (κ3) is 5.29. The summed E-state index contributed by atoms with van der Waals surface area (Å²) in [5.41, 5.74) is 0. The van der Waals surface area contributed by atoms with E-state index in [1.54, 1.807) is 0 Å². The largest absolute Gasteiger partial charge is 0.0776 e. The average Bonchev–Trinajstić information content (AvgIpc) is 1.91. The first-order valence-corrected chi connectivity index (χ1v) is 4.43. The molecule has 1 rings (SSSR count). The van der Waals surface area contributed by atoms with Gasteiger partial charge in [0.05, 0.1) is 0 Å². The van der Waals surface area contributed by atoms with Crippen molar-refractivity contribution in [3.63, 3.8) is 0 Å². The van der Waals surface area contributed by atoms with Crippen molar-refractivity contribution in [3.05, 3.63) is 0 Å². The first-order chi connectivity index (χ1) is 4.43. The number of hydrogen-bond donors (Lipinski definition) is 0. The van der Waals surface area contributed by atoms with Gasteiger partial charge in [-0.1, -0.05) is 66.7 Å². The lowest BCUT2D eigenvalue weighted by Crippen LogP contribution is -2.04. The highest BCUT2D eigenvalue weighted by Crippen LogP contribution is 2.26. The zero-order valence-electron chi connectivity index (χ0n) is 6.53. The van der Waals surface area contributed by atoms with Crippen LogP contribution in [0.5, 0.6) is 0 Å². The first kappa shape index (κ1) is 13.6. The average molecular weight is 158 g/mol. The Bertz CT molecular complexity index is 57.7. The van der Waals surface area contributed by atoms with Gasteiger partial charge in [0.15, 0.2) is 0 Å². The van der Waals surface area contributed by atoms with Crippen molar-refractivity contribution >= 4 is 0 Å². The standard InChI is InChI=1S/C9H18.2CH4/c1-2-6-9-7-4-3-5-8-9;;/h9H,2-8H2,1H3;2*1H4. The Hall–Kier alpha value is 0. The fourth-order valence-electron chi connectivity index (χ4n) is 1.88. The summed E-state index contributed by atoms with van der Waals surface area (Å²) in [6.07, 6.45) is 10.4. The molecule has 0 aromatic carbocycles. The van der Waals surface area contributed by atoms with Gasteiger partial charge in [0.25, 0.3) is 0 Å². The van der Waals surface area contributed by atoms with Gasteiger partial charge in [0.1, 0.15) is 0 Å². The maximum atomic E-state index is 2.30. The minimum absolute atomic E-state index is 0. The van der Waals surface area contributed by atoms with Crippen molar-refractivity contribution in [2.75, 3.05) is 0 Å². The van der Waals surface area contributed by atoms with E-state index in [4.69, 9.17) is 0 Å². The molecule has 0 nitrogen and oxygen atoms in total. The molecule has 0 atom stereocenters. The van der Waals surface area contributed by atoms with Gasteiger partial charge in [-0.05, 0) is 5.92 Å². The van der Waals surface area contributed by atoms with E-state index >= 15 is 0 Å². The molecule has 0 aromatic rings. The summed E-state index contributed by atoms with van der Waals surface area (Å²) in [4.78, 5) is 0. The Morgan fingerprint density at radius 1 is 1.00 bits per heavy atom. The van der Waals surface area contributed by atoms with Crippen molar-refractivity contribution in [1.29, 1.82) is 0 Å². The summed E-state index contributed by atoms with van der Waals surface area (Å²) in [6.45, 7) is 2.30. The molecule has 11 heavy (non-hydrogen) atoms. The topological polar surface area (TPSA) is 0 Å². The molecule has 0 saturated heterocycles. The molecule has 1 fully saturated rings. The molecule has 0 radical (unpaired) electrons. The molecule has 0 bridgehead atoms. The van der Waals surface area contributed by atoms with E-state index in [2.05, 4.69) is 6.92 Å². The molecule has 0 unspecified atom stereocenters. The van der Waals surface area contributed by atoms with E-state index in [1.807, 2.05) is 0 Å². The van der Waals surface area contributed by atoms with Crippen molar-refractivity contribution in [2.45, 2.75) is 66.7 Å². The lowest BCUT2D eigenvalue weighted by Gasteiger charge is -2.20. The molecule has 0 amide bonds. The second-order valence-electron chi connectivity index (χ2n) is 3.29. The van der Waals surface area contributed by atoms with Gasteiger partial charge >= 0.3 is 0 Å². The Labute approximate surface area is 73.4 Å². The molecule has 0 heterocycles. The van der Waals surface area contributed by atoms with Gasteiger partial charge in [-0.2, -0.15) is 0 Å². The van der Waals surface area contributed by atoms with Crippen LogP contribution in [0, 0.1) is 5.92 Å². The second kappa shape index (κ2) is 8.10. The highest BCUT2D eigenvalue weighted by molar-refractivity contribution is 4.64. The summed E-state index contributed by atoms with van der Waals surface area (Å²) in [6, 6.07) is 0. The van der Waals surface area contributed by atoms with Crippen LogP contribution in [0.4, 0.5) is 0 Å². The monoisotopic (exact) mass is 158 g/mol. The van der Waals surface area contributed by atoms with Crippen LogP contribution < -0.4 is 0 Å². The third-order valence-corrected chi connectivity index (χ3v) is 2.42. The molecule has 0 heteroatoms. The Kier molecular flexibility index (Phi) is 10.0. The molecule has 0 aliphatic heterocycles. The van der Waals surface area contributed by atoms with Crippen molar-refractivity contribution in [2.24, 2.45) is 5.92 Å². The number of rotatable bonds is 2. The maximum absolute atomic E-state index is 2.30. The molecule has 0 N–H and O–H groups in total. The zero-order valence-corrected chi connectivity index (χ0v) is 6.53. The molecule has 1 saturated carbocycles. The van der Waals surface area contributed by atoms with E-state index in [9.17, 15) is 0 Å². The predicted molar refractivity (Wildman–Crippen MR) is 54.9 cm³/mol. The molecule has 1 aliphatic carbocycles. The van der Waals surface area contributed by atoms with Gasteiger partial charge in [0.2, 0.25) is 0 Å². The van der Waals surface area contributed by atoms with Crippen LogP contribution in [0.1, 0.15) is 66.7 Å². The van der Waals surface area contributed by atoms with Gasteiger partial charge < -0.3 is 0 Å². The lowest BCUT2D eigenvalue weighted by atomic mass is 9.86. The molecule has 1 aliphatic rings. The maximum Gasteiger partial charge on any atom is -0.0414 e. The summed E-state index contributed by atoms with van der Waals surface area (Å²) in [5, 5.41) is 0. The van der Waals surface area contributed by atoms with Gasteiger partial charge in [-0.3, -0.25) is 0 Å². The van der Waals surface area contributed by atoms with E-state index in [-0.39, 0.29) is 14.9 Å². The van der Waals surface area contributed by atoms with Crippen LogP contribution in [0.2, 0.25) is 0 Å². The Morgan fingerprint density at radius 3 is 2.00 bits per heavy atom. The van der Waals surface area contributed by atoms with Crippen LogP contribution in [0.3, 0.4) is 0 Å². The molecular formula is C11H26. The van der Waals surface area contributed by atoms with Crippen LogP contribution in [-0.2, 0) is 0 Å². The summed E-state index contributed by atoms with van der Waals surface area (Å²) < 4.78 is 0. The molecular weight excluding hydrogens is 132 g/mol. The molecule has 0 aromatic heterocycles. The second-order valence-corrected chi connectivity index (χ2v) is 3.29. The quantitative estimate of drug-likeness (QED) is 0.549. The van der Waals surface area contributed by atoms with Gasteiger partial charge in [-0.15, -0.1) is 0 Å². The minimum Gasteiger partial charge on any atom is -0.0776 e. The summed E-state index contributed by atoms with van der Waals surface area (Å²) >= 11 is 0. The van der Waals surface area contributed by atoms with E-state index in [0.717, 1.165) is 5.92 Å². The zero-order chi connectivity index (χ0) is 6.53. The minimum atomic E-state index is 0. The van der Waals surface area contributed by atoms with E-state index < -0.39 is 0 Å². The third-order valence-electron chi connectivity index (χ3n) is 2.42. The van der Waals surface area contributed by atoms with Gasteiger partial charge in [-0.25, -0.2) is 0 Å². The van der Waals surface area contributed by atoms with Crippen molar-refractivity contribution in [1.82, 2.24) is 0 Å². The first-order valence-electron chi connectivity index (χ1n) is 4.43. The Balaban J connectivity index is 0. The normalized spacial score (nSPS) is 18.3. The highest BCUT2D eigenvalue weighted by Gasteiger charge is 2.10. The summed E-state index contributed by atoms with van der Waals surface area (Å²) in [7, 11) is 0. The van der Waals surface area contributed by atoms with Crippen LogP contribution in [0.15, 0.2) is 0 Å². The lowest BCUT2D eigenvalue weighted by molar-refractivity contribution is 0.336. The van der Waals surface area contributed by atoms with Crippen LogP contribution in [-0.4, -0.2) is 0 Å². The number of hydrogen-bond acceptors (Lipinski definition) is 0. The fourth-order valence-corrected chi connectivity index (χ4v) is 1.88.